The van der Waals surface area contributed by atoms with Crippen molar-refractivity contribution in [2.24, 2.45) is 11.5 Å². The van der Waals surface area contributed by atoms with E-state index in [-0.39, 0.29) is 42.1 Å². The van der Waals surface area contributed by atoms with Crippen LogP contribution >= 0.6 is 0 Å². The molecule has 1 aliphatic carbocycles. The zero-order chi connectivity index (χ0) is 15.7. The first kappa shape index (κ1) is 26.3. The van der Waals surface area contributed by atoms with Gasteiger partial charge in [-0.15, -0.1) is 17.2 Å². The van der Waals surface area contributed by atoms with Gasteiger partial charge in [0.15, 0.2) is 0 Å². The number of carboxylic acid groups (broad SMARTS) is 1. The summed E-state index contributed by atoms with van der Waals surface area (Å²) in [6.07, 6.45) is 5.25. The molecule has 1 aromatic carbocycles. The van der Waals surface area contributed by atoms with Crippen molar-refractivity contribution in [2.45, 2.75) is 31.7 Å². The Bertz CT molecular complexity index is 417. The van der Waals surface area contributed by atoms with Gasteiger partial charge in [0.25, 0.3) is 0 Å². The van der Waals surface area contributed by atoms with Gasteiger partial charge in [-0.1, -0.05) is 25.0 Å². The van der Waals surface area contributed by atoms with Gasteiger partial charge >= 0.3 is 42.1 Å². The molecule has 0 bridgehead atoms. The van der Waals surface area contributed by atoms with Gasteiger partial charge in [0.2, 0.25) is 0 Å². The van der Waals surface area contributed by atoms with Gasteiger partial charge in [-0.25, -0.2) is 0 Å². The second-order valence-electron chi connectivity index (χ2n) is 4.13. The fourth-order valence-corrected chi connectivity index (χ4v) is 1.65. The summed E-state index contributed by atoms with van der Waals surface area (Å²) in [5, 5.41) is 41.8. The molecule has 1 aromatic rings. The normalized spacial score (nSPS) is 12.5. The molecule has 0 radical (unpaired) electrons. The van der Waals surface area contributed by atoms with E-state index in [1.165, 1.54) is 32.7 Å². The van der Waals surface area contributed by atoms with E-state index in [4.69, 9.17) is 5.73 Å². The summed E-state index contributed by atoms with van der Waals surface area (Å²) < 4.78 is 0. The van der Waals surface area contributed by atoms with Crippen molar-refractivity contribution in [1.29, 1.82) is 0 Å². The van der Waals surface area contributed by atoms with E-state index >= 15 is 0 Å². The van der Waals surface area contributed by atoms with E-state index in [1.54, 1.807) is 0 Å². The fraction of sp³-hybridized carbons (Fsp3) is 0.462. The molecule has 130 valence electrons. The van der Waals surface area contributed by atoms with Crippen LogP contribution in [0.4, 0.5) is 0 Å². The Morgan fingerprint density at radius 2 is 1.41 bits per heavy atom. The van der Waals surface area contributed by atoms with Gasteiger partial charge < -0.3 is 36.7 Å². The molecule has 22 heavy (non-hydrogen) atoms. The molecule has 1 aliphatic rings. The number of rotatable bonds is 1. The minimum Gasteiger partial charge on any atom is -0.873 e. The fourth-order valence-electron chi connectivity index (χ4n) is 1.65. The molecule has 0 unspecified atom stereocenters. The maximum atomic E-state index is 10.6. The summed E-state index contributed by atoms with van der Waals surface area (Å²) in [6, 6.07) is 1.68. The van der Waals surface area contributed by atoms with Gasteiger partial charge in [0.1, 0.15) is 0 Å². The summed E-state index contributed by atoms with van der Waals surface area (Å²) in [5.41, 5.74) is 9.47. The monoisotopic (exact) mass is 672 g/mol. The van der Waals surface area contributed by atoms with Gasteiger partial charge in [-0.3, -0.25) is 0 Å². The first-order valence-corrected chi connectivity index (χ1v) is 6.15. The largest absolute Gasteiger partial charge is 2.00 e. The average Bonchev–Trinajstić information content (AvgIpc) is 2.89. The molecule has 4 N–H and O–H groups in total. The SMILES string of the molecule is CN.NC1CCCC1.O=C([O-])c1cc([O-])c([O-])c([O-])c1.[Pt+2].[Pt+2]. The Balaban J connectivity index is -0.000000309. The van der Waals surface area contributed by atoms with E-state index in [2.05, 4.69) is 5.73 Å². The van der Waals surface area contributed by atoms with E-state index in [0.29, 0.717) is 18.2 Å². The van der Waals surface area contributed by atoms with Crippen LogP contribution in [-0.2, 0) is 42.1 Å². The van der Waals surface area contributed by atoms with Crippen molar-refractivity contribution >= 4 is 5.97 Å². The molecule has 1 fully saturated rings. The summed E-state index contributed by atoms with van der Waals surface area (Å²) in [6.45, 7) is 0. The predicted octanol–water partition coefficient (Wildman–Crippen LogP) is -2.27. The van der Waals surface area contributed by atoms with Crippen LogP contribution in [-0.4, -0.2) is 19.1 Å². The molecule has 1 saturated carbocycles. The summed E-state index contributed by atoms with van der Waals surface area (Å²) in [5.74, 6) is -5.12. The number of carbonyl (C=O) groups excluding carboxylic acids is 1. The molecule has 0 aliphatic heterocycles. The van der Waals surface area contributed by atoms with Crippen molar-refractivity contribution in [3.05, 3.63) is 17.7 Å². The predicted molar refractivity (Wildman–Crippen MR) is 65.7 cm³/mol. The number of carboxylic acids is 1. The van der Waals surface area contributed by atoms with Crippen molar-refractivity contribution in [2.75, 3.05) is 7.05 Å². The van der Waals surface area contributed by atoms with Crippen LogP contribution in [0, 0.1) is 0 Å². The minimum atomic E-state index is -1.65. The molecule has 0 aromatic heterocycles. The van der Waals surface area contributed by atoms with E-state index in [0.717, 1.165) is 0 Å². The van der Waals surface area contributed by atoms with Crippen molar-refractivity contribution < 1.29 is 67.4 Å². The van der Waals surface area contributed by atoms with Crippen molar-refractivity contribution in [1.82, 2.24) is 0 Å². The maximum Gasteiger partial charge on any atom is 2.00 e. The molecular weight excluding hydrogens is 654 g/mol. The molecule has 0 amide bonds. The Morgan fingerprint density at radius 1 is 1.05 bits per heavy atom. The first-order valence-electron chi connectivity index (χ1n) is 6.15. The Kier molecular flexibility index (Phi) is 16.7. The van der Waals surface area contributed by atoms with Crippen molar-refractivity contribution in [3.63, 3.8) is 0 Å². The number of hydrogen-bond acceptors (Lipinski definition) is 7. The molecule has 7 nitrogen and oxygen atoms in total. The number of nitrogens with two attached hydrogens (primary N) is 2. The molecule has 9 heteroatoms. The van der Waals surface area contributed by atoms with Crippen LogP contribution in [0.3, 0.4) is 0 Å². The van der Waals surface area contributed by atoms with Crippen LogP contribution in [0.2, 0.25) is 0 Å². The Labute approximate surface area is 158 Å². The van der Waals surface area contributed by atoms with Crippen molar-refractivity contribution in [3.8, 4) is 17.2 Å². The second kappa shape index (κ2) is 14.0. The Hall–Kier alpha value is -0.613. The Morgan fingerprint density at radius 3 is 1.64 bits per heavy atom. The minimum absolute atomic E-state index is 0. The topological polar surface area (TPSA) is 161 Å². The number of benzene rings is 1. The maximum absolute atomic E-state index is 10.6. The third-order valence-electron chi connectivity index (χ3n) is 2.66. The smallest absolute Gasteiger partial charge is 0.873 e. The third kappa shape index (κ3) is 9.41. The first-order chi connectivity index (χ1) is 9.41. The van der Waals surface area contributed by atoms with Crippen LogP contribution in [0.15, 0.2) is 12.1 Å². The zero-order valence-electron chi connectivity index (χ0n) is 11.9. The summed E-state index contributed by atoms with van der Waals surface area (Å²) in [4.78, 5) is 10.1. The van der Waals surface area contributed by atoms with Gasteiger partial charge in [0, 0.05) is 6.04 Å². The quantitative estimate of drug-likeness (QED) is 0.340. The summed E-state index contributed by atoms with van der Waals surface area (Å²) >= 11 is 0. The van der Waals surface area contributed by atoms with E-state index in [9.17, 15) is 25.2 Å². The molecule has 0 atom stereocenters. The van der Waals surface area contributed by atoms with E-state index in [1.807, 2.05) is 0 Å². The molecule has 0 heterocycles. The number of aromatic carboxylic acids is 1. The van der Waals surface area contributed by atoms with Gasteiger partial charge in [0.05, 0.1) is 5.97 Å². The van der Waals surface area contributed by atoms with Gasteiger partial charge in [-0.2, -0.15) is 0 Å². The molecule has 0 spiro atoms. The average molecular weight is 672 g/mol. The second-order valence-corrected chi connectivity index (χ2v) is 4.13. The number of hydrogen-bond donors (Lipinski definition) is 2. The molecule has 2 rings (SSSR count). The van der Waals surface area contributed by atoms with Crippen LogP contribution in [0.1, 0.15) is 36.0 Å². The zero-order valence-corrected chi connectivity index (χ0v) is 16.4. The standard InChI is InChI=1S/C7H6O5.C5H11N.CH5N.2Pt/c8-4-1-3(7(11)12)2-5(9)6(4)10;6-5-3-1-2-4-5;1-2;;/h1-2,8-10H,(H,11,12);5H,1-4,6H2;2H2,1H3;;/q;;;2*+2/p-4. The molecule has 0 saturated heterocycles. The van der Waals surface area contributed by atoms with Crippen LogP contribution < -0.4 is 31.9 Å². The van der Waals surface area contributed by atoms with Gasteiger partial charge in [-0.05, 0) is 25.5 Å². The van der Waals surface area contributed by atoms with E-state index < -0.39 is 28.8 Å². The molecular formula is C13H18N2O5Pt2. The van der Waals surface area contributed by atoms with Crippen LogP contribution in [0.25, 0.3) is 0 Å². The number of carbonyl (C=O) groups is 1. The summed E-state index contributed by atoms with van der Waals surface area (Å²) in [7, 11) is 1.50. The van der Waals surface area contributed by atoms with Crippen LogP contribution in [0.5, 0.6) is 17.2 Å². The third-order valence-corrected chi connectivity index (χ3v) is 2.66.